The summed E-state index contributed by atoms with van der Waals surface area (Å²) in [5.74, 6) is -0.903. The summed E-state index contributed by atoms with van der Waals surface area (Å²) in [6, 6.07) is 8.29. The molecule has 0 N–H and O–H groups in total. The lowest BCUT2D eigenvalue weighted by molar-refractivity contribution is -0.116. The van der Waals surface area contributed by atoms with Gasteiger partial charge in [-0.1, -0.05) is 30.3 Å². The molecule has 0 aliphatic heterocycles. The predicted octanol–water partition coefficient (Wildman–Crippen LogP) is 1.65. The molecule has 1 atom stereocenters. The molecule has 0 fully saturated rings. The van der Waals surface area contributed by atoms with Gasteiger partial charge in [-0.05, 0) is 13.8 Å². The van der Waals surface area contributed by atoms with Gasteiger partial charge >= 0.3 is 0 Å². The molecule has 0 heterocycles. The Morgan fingerprint density at radius 3 is 2.22 bits per heavy atom. The fraction of sp³-hybridized carbons (Fsp3) is 0.385. The van der Waals surface area contributed by atoms with E-state index in [2.05, 4.69) is 0 Å². The molecule has 4 nitrogen and oxygen atoms in total. The van der Waals surface area contributed by atoms with Gasteiger partial charge in [0, 0.05) is 12.0 Å². The molecule has 1 aromatic carbocycles. The van der Waals surface area contributed by atoms with Gasteiger partial charge in [0.05, 0.1) is 5.75 Å². The van der Waals surface area contributed by atoms with Crippen molar-refractivity contribution in [3.05, 3.63) is 35.9 Å². The maximum atomic E-state index is 12.0. The van der Waals surface area contributed by atoms with Crippen LogP contribution in [0.5, 0.6) is 0 Å². The second kappa shape index (κ2) is 5.91. The normalized spacial score (nSPS) is 13.0. The Kier molecular flexibility index (Phi) is 4.78. The number of Topliss-reactive ketones (excluding diaryl/α,β-unsaturated/α-hetero) is 2. The smallest absolute Gasteiger partial charge is 0.180 e. The maximum absolute atomic E-state index is 12.0. The first-order valence-electron chi connectivity index (χ1n) is 5.65. The Morgan fingerprint density at radius 1 is 1.17 bits per heavy atom. The van der Waals surface area contributed by atoms with Crippen molar-refractivity contribution in [1.82, 2.24) is 0 Å². The van der Waals surface area contributed by atoms with Crippen molar-refractivity contribution in [3.63, 3.8) is 0 Å². The molecule has 0 aliphatic carbocycles. The molecule has 0 saturated carbocycles. The van der Waals surface area contributed by atoms with Gasteiger partial charge in [-0.3, -0.25) is 9.59 Å². The fourth-order valence-electron chi connectivity index (χ4n) is 1.46. The van der Waals surface area contributed by atoms with E-state index in [1.807, 2.05) is 0 Å². The van der Waals surface area contributed by atoms with Crippen LogP contribution >= 0.6 is 0 Å². The first-order valence-corrected chi connectivity index (χ1v) is 7.36. The van der Waals surface area contributed by atoms with E-state index in [1.165, 1.54) is 13.8 Å². The lowest BCUT2D eigenvalue weighted by atomic mass is 10.1. The first kappa shape index (κ1) is 14.6. The van der Waals surface area contributed by atoms with Crippen LogP contribution in [0.25, 0.3) is 0 Å². The summed E-state index contributed by atoms with van der Waals surface area (Å²) < 4.78 is 23.8. The van der Waals surface area contributed by atoms with Crippen LogP contribution in [0, 0.1) is 0 Å². The van der Waals surface area contributed by atoms with E-state index >= 15 is 0 Å². The molecule has 0 amide bonds. The van der Waals surface area contributed by atoms with Crippen molar-refractivity contribution in [3.8, 4) is 0 Å². The van der Waals surface area contributed by atoms with Crippen LogP contribution in [0.2, 0.25) is 0 Å². The summed E-state index contributed by atoms with van der Waals surface area (Å²) in [5, 5.41) is -1.11. The zero-order chi connectivity index (χ0) is 13.8. The second-order valence-electron chi connectivity index (χ2n) is 4.19. The molecule has 5 heteroatoms. The molecule has 0 spiro atoms. The van der Waals surface area contributed by atoms with Crippen LogP contribution in [0.15, 0.2) is 30.3 Å². The van der Waals surface area contributed by atoms with Gasteiger partial charge in [-0.15, -0.1) is 0 Å². The van der Waals surface area contributed by atoms with E-state index in [0.717, 1.165) is 0 Å². The second-order valence-corrected chi connectivity index (χ2v) is 6.63. The number of carbonyl (C=O) groups excluding carboxylic acids is 2. The quantitative estimate of drug-likeness (QED) is 0.736. The van der Waals surface area contributed by atoms with Crippen molar-refractivity contribution in [2.75, 3.05) is 5.75 Å². The summed E-state index contributed by atoms with van der Waals surface area (Å²) in [6.45, 7) is 2.70. The van der Waals surface area contributed by atoms with Crippen LogP contribution in [-0.2, 0) is 14.6 Å². The van der Waals surface area contributed by atoms with E-state index in [0.29, 0.717) is 5.56 Å². The Labute approximate surface area is 107 Å². The number of rotatable bonds is 6. The van der Waals surface area contributed by atoms with Gasteiger partial charge in [0.15, 0.2) is 15.6 Å². The Bertz CT molecular complexity index is 531. The van der Waals surface area contributed by atoms with Crippen molar-refractivity contribution >= 4 is 21.4 Å². The minimum atomic E-state index is -3.57. The average Bonchev–Trinajstić information content (AvgIpc) is 2.36. The van der Waals surface area contributed by atoms with E-state index in [4.69, 9.17) is 0 Å². The van der Waals surface area contributed by atoms with Crippen LogP contribution in [0.1, 0.15) is 30.6 Å². The van der Waals surface area contributed by atoms with Crippen molar-refractivity contribution in [2.45, 2.75) is 25.5 Å². The van der Waals surface area contributed by atoms with Gasteiger partial charge in [0.1, 0.15) is 11.0 Å². The van der Waals surface area contributed by atoms with E-state index in [1.54, 1.807) is 30.3 Å². The van der Waals surface area contributed by atoms with E-state index in [9.17, 15) is 18.0 Å². The van der Waals surface area contributed by atoms with Crippen molar-refractivity contribution < 1.29 is 18.0 Å². The summed E-state index contributed by atoms with van der Waals surface area (Å²) in [5.41, 5.74) is 0.372. The molecule has 98 valence electrons. The maximum Gasteiger partial charge on any atom is 0.180 e. The molecule has 0 saturated heterocycles. The van der Waals surface area contributed by atoms with E-state index < -0.39 is 20.9 Å². The summed E-state index contributed by atoms with van der Waals surface area (Å²) in [4.78, 5) is 22.8. The highest BCUT2D eigenvalue weighted by atomic mass is 32.2. The number of ketones is 2. The minimum absolute atomic E-state index is 0.0469. The summed E-state index contributed by atoms with van der Waals surface area (Å²) in [7, 11) is -3.57. The number of sulfone groups is 1. The van der Waals surface area contributed by atoms with Gasteiger partial charge in [-0.25, -0.2) is 8.42 Å². The molecule has 0 radical (unpaired) electrons. The van der Waals surface area contributed by atoms with Gasteiger partial charge in [-0.2, -0.15) is 0 Å². The number of hydrogen-bond donors (Lipinski definition) is 0. The van der Waals surface area contributed by atoms with Crippen molar-refractivity contribution in [1.29, 1.82) is 0 Å². The molecule has 0 aliphatic rings. The van der Waals surface area contributed by atoms with Crippen LogP contribution < -0.4 is 0 Å². The Hall–Kier alpha value is -1.49. The van der Waals surface area contributed by atoms with Gasteiger partial charge < -0.3 is 0 Å². The highest BCUT2D eigenvalue weighted by Crippen LogP contribution is 2.12. The zero-order valence-corrected chi connectivity index (χ0v) is 11.2. The topological polar surface area (TPSA) is 68.3 Å². The highest BCUT2D eigenvalue weighted by Gasteiger charge is 2.28. The Morgan fingerprint density at radius 2 is 1.72 bits per heavy atom. The highest BCUT2D eigenvalue weighted by molar-refractivity contribution is 7.92. The van der Waals surface area contributed by atoms with Gasteiger partial charge in [0.25, 0.3) is 0 Å². The van der Waals surface area contributed by atoms with E-state index in [-0.39, 0.29) is 18.0 Å². The largest absolute Gasteiger partial charge is 0.300 e. The van der Waals surface area contributed by atoms with Crippen LogP contribution in [-0.4, -0.2) is 31.0 Å². The minimum Gasteiger partial charge on any atom is -0.300 e. The summed E-state index contributed by atoms with van der Waals surface area (Å²) >= 11 is 0. The lowest BCUT2D eigenvalue weighted by Crippen LogP contribution is -2.30. The molecule has 1 aromatic rings. The number of carbonyl (C=O) groups is 2. The predicted molar refractivity (Wildman–Crippen MR) is 69.3 cm³/mol. The average molecular weight is 268 g/mol. The molecular formula is C13H16O4S. The third kappa shape index (κ3) is 3.77. The third-order valence-electron chi connectivity index (χ3n) is 2.70. The lowest BCUT2D eigenvalue weighted by Gasteiger charge is -2.11. The SMILES string of the molecule is CC(=O)CCS(=O)(=O)C(C)C(=O)c1ccccc1. The number of hydrogen-bond acceptors (Lipinski definition) is 4. The molecule has 0 bridgehead atoms. The first-order chi connectivity index (χ1) is 8.34. The standard InChI is InChI=1S/C13H16O4S/c1-10(14)8-9-18(16,17)11(2)13(15)12-6-4-3-5-7-12/h3-7,11H,8-9H2,1-2H3. The zero-order valence-electron chi connectivity index (χ0n) is 10.4. The van der Waals surface area contributed by atoms with Crippen LogP contribution in [0.3, 0.4) is 0 Å². The molecule has 18 heavy (non-hydrogen) atoms. The monoisotopic (exact) mass is 268 g/mol. The number of benzene rings is 1. The van der Waals surface area contributed by atoms with Crippen molar-refractivity contribution in [2.24, 2.45) is 0 Å². The summed E-state index contributed by atoms with van der Waals surface area (Å²) in [6.07, 6.45) is -0.0469. The molecule has 1 rings (SSSR count). The fourth-order valence-corrected chi connectivity index (χ4v) is 2.85. The van der Waals surface area contributed by atoms with Gasteiger partial charge in [0.2, 0.25) is 0 Å². The van der Waals surface area contributed by atoms with Crippen LogP contribution in [0.4, 0.5) is 0 Å². The third-order valence-corrected chi connectivity index (χ3v) is 4.77. The molecule has 0 aromatic heterocycles. The Balaban J connectivity index is 2.84. The molecule has 1 unspecified atom stereocenters. The molecular weight excluding hydrogens is 252 g/mol.